The molecule has 2 heteroatoms. The van der Waals surface area contributed by atoms with Crippen molar-refractivity contribution in [2.24, 2.45) is 5.41 Å². The lowest BCUT2D eigenvalue weighted by molar-refractivity contribution is 0.303. The predicted octanol–water partition coefficient (Wildman–Crippen LogP) is 7.25. The van der Waals surface area contributed by atoms with Gasteiger partial charge in [-0.1, -0.05) is 65.0 Å². The van der Waals surface area contributed by atoms with Crippen LogP contribution in [0.1, 0.15) is 58.6 Å². The molecule has 1 saturated carbocycles. The zero-order valence-corrected chi connectivity index (χ0v) is 17.0. The van der Waals surface area contributed by atoms with Gasteiger partial charge >= 0.3 is 0 Å². The Morgan fingerprint density at radius 3 is 2.36 bits per heavy atom. The van der Waals surface area contributed by atoms with Crippen LogP contribution in [0.15, 0.2) is 42.5 Å². The van der Waals surface area contributed by atoms with Crippen LogP contribution in [0.4, 0.5) is 0 Å². The van der Waals surface area contributed by atoms with Crippen molar-refractivity contribution in [3.63, 3.8) is 0 Å². The molecule has 1 aliphatic carbocycles. The number of benzene rings is 2. The van der Waals surface area contributed by atoms with Crippen LogP contribution in [0.5, 0.6) is 5.75 Å². The maximum Gasteiger partial charge on any atom is 0.120 e. The van der Waals surface area contributed by atoms with Gasteiger partial charge in [0.1, 0.15) is 5.75 Å². The summed E-state index contributed by atoms with van der Waals surface area (Å²) in [5.74, 6) is 1.54. The van der Waals surface area contributed by atoms with E-state index in [1.165, 1.54) is 35.1 Å². The lowest BCUT2D eigenvalue weighted by atomic mass is 9.84. The van der Waals surface area contributed by atoms with Gasteiger partial charge in [-0.15, -0.1) is 11.6 Å². The molecule has 0 radical (unpaired) electrons. The first-order chi connectivity index (χ1) is 11.9. The Bertz CT molecular complexity index is 681. The van der Waals surface area contributed by atoms with Crippen molar-refractivity contribution in [1.82, 2.24) is 0 Å². The van der Waals surface area contributed by atoms with Gasteiger partial charge < -0.3 is 4.74 Å². The molecule has 25 heavy (non-hydrogen) atoms. The largest absolute Gasteiger partial charge is 0.490 e. The van der Waals surface area contributed by atoms with Crippen molar-refractivity contribution in [3.05, 3.63) is 53.6 Å². The summed E-state index contributed by atoms with van der Waals surface area (Å²) in [6.07, 6.45) is 3.83. The zero-order valence-electron chi connectivity index (χ0n) is 16.2. The van der Waals surface area contributed by atoms with Crippen molar-refractivity contribution in [1.29, 1.82) is 0 Å². The van der Waals surface area contributed by atoms with E-state index in [0.717, 1.165) is 12.2 Å². The average molecular weight is 359 g/mol. The Balaban J connectivity index is 0.00000109. The molecule has 0 N–H and O–H groups in total. The minimum atomic E-state index is 0.238. The van der Waals surface area contributed by atoms with Gasteiger partial charge in [-0.25, -0.2) is 0 Å². The molecule has 136 valence electrons. The van der Waals surface area contributed by atoms with Crippen LogP contribution in [0, 0.1) is 5.41 Å². The Morgan fingerprint density at radius 1 is 1.04 bits per heavy atom. The summed E-state index contributed by atoms with van der Waals surface area (Å²) in [5, 5.41) is 0. The van der Waals surface area contributed by atoms with Crippen LogP contribution >= 0.6 is 11.6 Å². The van der Waals surface area contributed by atoms with Gasteiger partial charge in [0.2, 0.25) is 0 Å². The van der Waals surface area contributed by atoms with Crippen molar-refractivity contribution >= 4 is 11.6 Å². The molecule has 1 fully saturated rings. The fourth-order valence-corrected chi connectivity index (χ4v) is 3.01. The van der Waals surface area contributed by atoms with Crippen LogP contribution in [0.3, 0.4) is 0 Å². The number of alkyl halides is 1. The second kappa shape index (κ2) is 8.76. The summed E-state index contributed by atoms with van der Waals surface area (Å²) in [6.45, 7) is 10.8. The SMILES string of the molecule is CC.CC(C)(C)Cc1cc(CCl)ccc1-c1cccc(OC2CC2)c1. The molecule has 3 rings (SSSR count). The third-order valence-electron chi connectivity index (χ3n) is 4.02. The smallest absolute Gasteiger partial charge is 0.120 e. The lowest BCUT2D eigenvalue weighted by Crippen LogP contribution is -2.10. The molecule has 0 spiro atoms. The molecule has 0 heterocycles. The molecular weight excluding hydrogens is 328 g/mol. The first-order valence-electron chi connectivity index (χ1n) is 9.39. The van der Waals surface area contributed by atoms with Gasteiger partial charge in [-0.2, -0.15) is 0 Å². The molecule has 0 atom stereocenters. The fourth-order valence-electron chi connectivity index (χ4n) is 2.84. The van der Waals surface area contributed by atoms with Crippen molar-refractivity contribution in [3.8, 4) is 16.9 Å². The highest BCUT2D eigenvalue weighted by Crippen LogP contribution is 2.34. The summed E-state index contributed by atoms with van der Waals surface area (Å²) in [4.78, 5) is 0. The number of halogens is 1. The highest BCUT2D eigenvalue weighted by molar-refractivity contribution is 6.17. The zero-order chi connectivity index (χ0) is 18.4. The molecule has 0 aliphatic heterocycles. The van der Waals surface area contributed by atoms with Crippen LogP contribution < -0.4 is 4.74 Å². The molecular formula is C23H31ClO. The van der Waals surface area contributed by atoms with Gasteiger partial charge in [-0.3, -0.25) is 0 Å². The van der Waals surface area contributed by atoms with E-state index in [1.807, 2.05) is 13.8 Å². The van der Waals surface area contributed by atoms with E-state index in [0.29, 0.717) is 12.0 Å². The standard InChI is InChI=1S/C21H25ClO.C2H6/c1-21(2,3)13-17-11-15(14-22)7-10-20(17)16-5-4-6-19(12-16)23-18-8-9-18;1-2/h4-7,10-12,18H,8-9,13-14H2,1-3H3;1-2H3. The van der Waals surface area contributed by atoms with Crippen molar-refractivity contribution < 1.29 is 4.74 Å². The van der Waals surface area contributed by atoms with E-state index < -0.39 is 0 Å². The van der Waals surface area contributed by atoms with E-state index in [4.69, 9.17) is 16.3 Å². The first kappa shape index (κ1) is 19.8. The number of rotatable bonds is 5. The normalized spacial score (nSPS) is 13.8. The van der Waals surface area contributed by atoms with Crippen molar-refractivity contribution in [2.45, 2.75) is 65.9 Å². The summed E-state index contributed by atoms with van der Waals surface area (Å²) < 4.78 is 5.95. The third-order valence-corrected chi connectivity index (χ3v) is 4.33. The number of ether oxygens (including phenoxy) is 1. The Labute approximate surface area is 158 Å². The Hall–Kier alpha value is -1.47. The van der Waals surface area contributed by atoms with Gasteiger partial charge in [0, 0.05) is 5.88 Å². The number of hydrogen-bond donors (Lipinski definition) is 0. The second-order valence-electron chi connectivity index (χ2n) is 7.71. The molecule has 0 bridgehead atoms. The molecule has 0 aromatic heterocycles. The van der Waals surface area contributed by atoms with Gasteiger partial charge in [-0.05, 0) is 59.1 Å². The van der Waals surface area contributed by atoms with Crippen molar-refractivity contribution in [2.75, 3.05) is 0 Å². The number of hydrogen-bond acceptors (Lipinski definition) is 1. The summed E-state index contributed by atoms with van der Waals surface area (Å²) in [5.41, 5.74) is 5.29. The van der Waals surface area contributed by atoms with Crippen LogP contribution in [-0.2, 0) is 12.3 Å². The van der Waals surface area contributed by atoms with Gasteiger partial charge in [0.15, 0.2) is 0 Å². The van der Waals surface area contributed by atoms with E-state index >= 15 is 0 Å². The fraction of sp³-hybridized carbons (Fsp3) is 0.478. The highest BCUT2D eigenvalue weighted by Gasteiger charge is 2.23. The van der Waals surface area contributed by atoms with E-state index in [-0.39, 0.29) is 5.41 Å². The van der Waals surface area contributed by atoms with Gasteiger partial charge in [0.25, 0.3) is 0 Å². The highest BCUT2D eigenvalue weighted by atomic mass is 35.5. The van der Waals surface area contributed by atoms with E-state index in [2.05, 4.69) is 63.2 Å². The third kappa shape index (κ3) is 6.08. The average Bonchev–Trinajstić information content (AvgIpc) is 3.39. The molecule has 1 nitrogen and oxygen atoms in total. The molecule has 2 aromatic carbocycles. The summed E-state index contributed by atoms with van der Waals surface area (Å²) in [7, 11) is 0. The lowest BCUT2D eigenvalue weighted by Gasteiger charge is -2.21. The van der Waals surface area contributed by atoms with E-state index in [1.54, 1.807) is 0 Å². The molecule has 0 saturated heterocycles. The first-order valence-corrected chi connectivity index (χ1v) is 9.93. The topological polar surface area (TPSA) is 9.23 Å². The minimum Gasteiger partial charge on any atom is -0.490 e. The Morgan fingerprint density at radius 2 is 1.76 bits per heavy atom. The summed E-state index contributed by atoms with van der Waals surface area (Å²) >= 11 is 6.04. The predicted molar refractivity (Wildman–Crippen MR) is 110 cm³/mol. The Kier molecular flexibility index (Phi) is 6.95. The monoisotopic (exact) mass is 358 g/mol. The maximum absolute atomic E-state index is 6.04. The van der Waals surface area contributed by atoms with Crippen LogP contribution in [-0.4, -0.2) is 6.10 Å². The molecule has 2 aromatic rings. The molecule has 0 amide bonds. The maximum atomic E-state index is 6.04. The summed E-state index contributed by atoms with van der Waals surface area (Å²) in [6, 6.07) is 15.1. The molecule has 1 aliphatic rings. The van der Waals surface area contributed by atoms with Crippen LogP contribution in [0.2, 0.25) is 0 Å². The molecule has 0 unspecified atom stereocenters. The van der Waals surface area contributed by atoms with E-state index in [9.17, 15) is 0 Å². The quantitative estimate of drug-likeness (QED) is 0.511. The van der Waals surface area contributed by atoms with Crippen LogP contribution in [0.25, 0.3) is 11.1 Å². The second-order valence-corrected chi connectivity index (χ2v) is 7.97. The van der Waals surface area contributed by atoms with Gasteiger partial charge in [0.05, 0.1) is 6.10 Å². The minimum absolute atomic E-state index is 0.238.